The van der Waals surface area contributed by atoms with E-state index in [0.717, 1.165) is 40.6 Å². The van der Waals surface area contributed by atoms with E-state index in [1.54, 1.807) is 43.6 Å². The minimum Gasteiger partial charge on any atom is -0.508 e. The molecule has 0 bridgehead atoms. The topological polar surface area (TPSA) is 201 Å². The molecular weight excluding hydrogens is 865 g/mol. The minimum atomic E-state index is -1.03. The molecule has 0 saturated carbocycles. The van der Waals surface area contributed by atoms with Crippen LogP contribution in [0.3, 0.4) is 0 Å². The van der Waals surface area contributed by atoms with Crippen molar-refractivity contribution in [2.24, 2.45) is 28.0 Å². The number of likely N-dealkylation sites (tertiary alicyclic amines) is 1. The number of hydrogen-bond donors (Lipinski definition) is 4. The van der Waals surface area contributed by atoms with E-state index in [9.17, 15) is 29.1 Å². The maximum absolute atomic E-state index is 14.2. The highest BCUT2D eigenvalue weighted by Gasteiger charge is 2.40. The van der Waals surface area contributed by atoms with Crippen LogP contribution in [0.1, 0.15) is 78.1 Å². The summed E-state index contributed by atoms with van der Waals surface area (Å²) in [6.07, 6.45) is 11.8. The van der Waals surface area contributed by atoms with Crippen LogP contribution in [0.25, 0.3) is 28.1 Å². The van der Waals surface area contributed by atoms with E-state index in [0.29, 0.717) is 75.4 Å². The molecule has 370 valence electrons. The SMILES string of the molecule is C/C=C/CN.C=CC=N/C(=C/c1c(CC(C)(C)COC=O)c2cc(-c3cc(O)cc(CC(NC(=O)C(C(C)C)N(C)C(=O)C4CN(C=O)C4)C(=O)N4CCCCN4)c3)ccc2n1CC)C(C)OC. The van der Waals surface area contributed by atoms with Crippen LogP contribution in [0, 0.1) is 17.3 Å². The zero-order valence-electron chi connectivity index (χ0n) is 41.5. The van der Waals surface area contributed by atoms with Crippen LogP contribution in [-0.4, -0.2) is 133 Å². The molecule has 16 nitrogen and oxygen atoms in total. The van der Waals surface area contributed by atoms with Crippen LogP contribution in [0.15, 0.2) is 71.9 Å². The second kappa shape index (κ2) is 25.9. The molecule has 3 atom stereocenters. The number of hydrogen-bond acceptors (Lipinski definition) is 11. The molecule has 3 unspecified atom stereocenters. The van der Waals surface area contributed by atoms with Gasteiger partial charge < -0.3 is 40.0 Å². The van der Waals surface area contributed by atoms with E-state index < -0.39 is 29.3 Å². The predicted octanol–water partition coefficient (Wildman–Crippen LogP) is 5.65. The quantitative estimate of drug-likeness (QED) is 0.0554. The van der Waals surface area contributed by atoms with Crippen molar-refractivity contribution < 1.29 is 38.6 Å². The number of methoxy groups -OCH3 is 1. The second-order valence-electron chi connectivity index (χ2n) is 18.5. The Balaban J connectivity index is 0.00000191. The number of nitrogens with zero attached hydrogens (tertiary/aromatic N) is 5. The Bertz CT molecular complexity index is 2300. The molecule has 2 fully saturated rings. The van der Waals surface area contributed by atoms with Gasteiger partial charge in [0, 0.05) is 88.1 Å². The molecule has 3 aromatic rings. The number of carbonyl (C=O) groups excluding carboxylic acids is 5. The molecule has 68 heavy (non-hydrogen) atoms. The number of ether oxygens (including phenoxy) is 2. The Hall–Kier alpha value is -6.10. The average molecular weight is 939 g/mol. The van der Waals surface area contributed by atoms with Gasteiger partial charge in [-0.05, 0) is 98.5 Å². The molecule has 0 spiro atoms. The number of nitrogens with two attached hydrogens (primary N) is 1. The number of aryl methyl sites for hydroxylation is 1. The van der Waals surface area contributed by atoms with Crippen molar-refractivity contribution in [2.45, 2.75) is 98.9 Å². The molecule has 2 aliphatic rings. The van der Waals surface area contributed by atoms with Crippen molar-refractivity contribution in [3.05, 3.63) is 83.7 Å². The third-order valence-corrected chi connectivity index (χ3v) is 12.3. The summed E-state index contributed by atoms with van der Waals surface area (Å²) in [6, 6.07) is 9.44. The molecule has 5 rings (SSSR count). The number of allylic oxidation sites excluding steroid dienone is 2. The van der Waals surface area contributed by atoms with Crippen LogP contribution < -0.4 is 16.5 Å². The third kappa shape index (κ3) is 14.2. The highest BCUT2D eigenvalue weighted by molar-refractivity contribution is 5.94. The minimum absolute atomic E-state index is 0.00753. The van der Waals surface area contributed by atoms with E-state index in [1.807, 2.05) is 71.9 Å². The molecule has 0 radical (unpaired) electrons. The summed E-state index contributed by atoms with van der Waals surface area (Å²) in [5.74, 6) is -1.71. The standard InChI is InChI=1S/C48H65N7O8.C4H9N/c1-10-16-49-40(32(5)62-9)24-43-39(25-48(6,7)28-63-30-57)38-23-34(14-15-42(38)54(43)11-2)35-19-33(20-37(58)22-35)21-41(47(61)55-18-13-12-17-50-55)51-45(59)44(31(3)4)52(8)46(60)36-26-53(27-36)29-56;1-2-3-4-5/h10,14-16,19-20,22-24,29-32,36,41,44,50,58H,1,11-13,17-18,21,25-28H2,2-9H3,(H,51,59);2-3H,4-5H2,1H3/b40-24+,49-16?;3-2+. The van der Waals surface area contributed by atoms with Crippen molar-refractivity contribution >= 4 is 53.8 Å². The summed E-state index contributed by atoms with van der Waals surface area (Å²) in [6.45, 7) is 21.2. The van der Waals surface area contributed by atoms with Gasteiger partial charge in [0.05, 0.1) is 24.3 Å². The number of hydrazine groups is 1. The summed E-state index contributed by atoms with van der Waals surface area (Å²) >= 11 is 0. The monoisotopic (exact) mass is 939 g/mol. The molecule has 3 heterocycles. The summed E-state index contributed by atoms with van der Waals surface area (Å²) in [4.78, 5) is 71.9. The zero-order chi connectivity index (χ0) is 50.1. The van der Waals surface area contributed by atoms with Crippen molar-refractivity contribution in [3.8, 4) is 16.9 Å². The number of aromatic nitrogens is 1. The predicted molar refractivity (Wildman–Crippen MR) is 268 cm³/mol. The Labute approximate surface area is 402 Å². The fourth-order valence-corrected chi connectivity index (χ4v) is 8.72. The molecular formula is C52H74N8O8. The number of fused-ring (bicyclic) bond motifs is 1. The number of carbonyl (C=O) groups is 5. The maximum Gasteiger partial charge on any atom is 0.293 e. The Kier molecular flexibility index (Phi) is 20.7. The number of aliphatic imine (C=N–C) groups is 1. The molecule has 2 saturated heterocycles. The number of phenols is 1. The summed E-state index contributed by atoms with van der Waals surface area (Å²) in [5.41, 5.74) is 13.6. The molecule has 1 aromatic heterocycles. The first kappa shape index (κ1) is 54.5. The molecule has 2 aromatic carbocycles. The van der Waals surface area contributed by atoms with Gasteiger partial charge in [-0.3, -0.25) is 34.0 Å². The fourth-order valence-electron chi connectivity index (χ4n) is 8.72. The number of rotatable bonds is 22. The van der Waals surface area contributed by atoms with Gasteiger partial charge in [-0.15, -0.1) is 0 Å². The van der Waals surface area contributed by atoms with Crippen LogP contribution in [0.2, 0.25) is 0 Å². The van der Waals surface area contributed by atoms with E-state index in [2.05, 4.69) is 45.9 Å². The van der Waals surface area contributed by atoms with Crippen LogP contribution >= 0.6 is 0 Å². The first-order valence-corrected chi connectivity index (χ1v) is 23.5. The Morgan fingerprint density at radius 2 is 1.84 bits per heavy atom. The summed E-state index contributed by atoms with van der Waals surface area (Å²) in [5, 5.41) is 16.7. The number of nitrogens with one attached hydrogen (secondary N) is 2. The molecule has 16 heteroatoms. The lowest BCUT2D eigenvalue weighted by Gasteiger charge is -2.40. The van der Waals surface area contributed by atoms with Crippen molar-refractivity contribution in [2.75, 3.05) is 53.5 Å². The van der Waals surface area contributed by atoms with Gasteiger partial charge in [0.25, 0.3) is 12.4 Å². The van der Waals surface area contributed by atoms with Gasteiger partial charge in [-0.2, -0.15) is 0 Å². The van der Waals surface area contributed by atoms with Crippen LogP contribution in [-0.2, 0) is 52.8 Å². The van der Waals surface area contributed by atoms with Crippen LogP contribution in [0.4, 0.5) is 0 Å². The lowest BCUT2D eigenvalue weighted by Crippen LogP contribution is -2.61. The smallest absolute Gasteiger partial charge is 0.293 e. The van der Waals surface area contributed by atoms with Gasteiger partial charge in [0.15, 0.2) is 0 Å². The lowest BCUT2D eigenvalue weighted by atomic mass is 9.85. The molecule has 5 N–H and O–H groups in total. The van der Waals surface area contributed by atoms with Gasteiger partial charge >= 0.3 is 0 Å². The third-order valence-electron chi connectivity index (χ3n) is 12.3. The van der Waals surface area contributed by atoms with Crippen molar-refractivity contribution in [3.63, 3.8) is 0 Å². The first-order valence-electron chi connectivity index (χ1n) is 23.5. The number of phenolic OH excluding ortho intramolecular Hbond substituents is 1. The molecule has 2 aliphatic heterocycles. The van der Waals surface area contributed by atoms with Crippen LogP contribution in [0.5, 0.6) is 5.75 Å². The second-order valence-corrected chi connectivity index (χ2v) is 18.5. The lowest BCUT2D eigenvalue weighted by molar-refractivity contribution is -0.150. The normalized spacial score (nSPS) is 16.0. The Morgan fingerprint density at radius 3 is 2.41 bits per heavy atom. The summed E-state index contributed by atoms with van der Waals surface area (Å²) in [7, 11) is 3.22. The van der Waals surface area contributed by atoms with Crippen molar-refractivity contribution in [1.82, 2.24) is 30.1 Å². The number of likely N-dealkylation sites (N-methyl/N-ethyl adjacent to an activating group) is 1. The molecule has 4 amide bonds. The number of benzene rings is 2. The van der Waals surface area contributed by atoms with Gasteiger partial charge in [0.1, 0.15) is 17.8 Å². The van der Waals surface area contributed by atoms with Crippen molar-refractivity contribution in [1.29, 1.82) is 0 Å². The number of aromatic hydroxyl groups is 1. The first-order chi connectivity index (χ1) is 32.5. The fraction of sp³-hybridized carbons (Fsp3) is 0.500. The Morgan fingerprint density at radius 1 is 1.10 bits per heavy atom. The van der Waals surface area contributed by atoms with E-state index in [1.165, 1.54) is 9.80 Å². The van der Waals surface area contributed by atoms with Gasteiger partial charge in [-0.25, -0.2) is 5.43 Å². The van der Waals surface area contributed by atoms with E-state index in [-0.39, 0.29) is 42.6 Å². The zero-order valence-corrected chi connectivity index (χ0v) is 41.5. The average Bonchev–Trinajstić information content (AvgIpc) is 3.58. The maximum atomic E-state index is 14.2. The number of amides is 4. The summed E-state index contributed by atoms with van der Waals surface area (Å²) < 4.78 is 13.2. The van der Waals surface area contributed by atoms with E-state index in [4.69, 9.17) is 15.2 Å². The van der Waals surface area contributed by atoms with Gasteiger partial charge in [0.2, 0.25) is 18.2 Å². The highest BCUT2D eigenvalue weighted by atomic mass is 16.5. The largest absolute Gasteiger partial charge is 0.508 e. The van der Waals surface area contributed by atoms with Gasteiger partial charge in [-0.1, -0.05) is 64.6 Å². The van der Waals surface area contributed by atoms with E-state index >= 15 is 0 Å². The molecule has 0 aliphatic carbocycles. The highest BCUT2D eigenvalue weighted by Crippen LogP contribution is 2.38.